The van der Waals surface area contributed by atoms with Crippen LogP contribution in [0.3, 0.4) is 0 Å². The third-order valence-corrected chi connectivity index (χ3v) is 4.50. The smallest absolute Gasteiger partial charge is 0.166 e. The standard InChI is InChI=1S/C11H20N2S2/c1-2-15-10-6-5-9(7-10)13-11(14)12-8-3-4-8/h8-10H,2-7H2,1H3,(H2,12,13,14). The molecule has 0 heterocycles. The summed E-state index contributed by atoms with van der Waals surface area (Å²) in [6, 6.07) is 1.29. The summed E-state index contributed by atoms with van der Waals surface area (Å²) in [6.07, 6.45) is 6.50. The molecule has 86 valence electrons. The molecule has 2 unspecified atom stereocenters. The molecule has 4 heteroatoms. The van der Waals surface area contributed by atoms with Crippen LogP contribution in [-0.2, 0) is 0 Å². The molecule has 0 saturated heterocycles. The second kappa shape index (κ2) is 5.39. The van der Waals surface area contributed by atoms with Gasteiger partial charge >= 0.3 is 0 Å². The van der Waals surface area contributed by atoms with Crippen LogP contribution in [0, 0.1) is 0 Å². The van der Waals surface area contributed by atoms with E-state index in [1.165, 1.54) is 37.9 Å². The van der Waals surface area contributed by atoms with Gasteiger partial charge in [-0.1, -0.05) is 6.92 Å². The van der Waals surface area contributed by atoms with Crippen molar-refractivity contribution in [1.29, 1.82) is 0 Å². The van der Waals surface area contributed by atoms with Crippen molar-refractivity contribution in [3.63, 3.8) is 0 Å². The minimum absolute atomic E-state index is 0.618. The summed E-state index contributed by atoms with van der Waals surface area (Å²) in [5.41, 5.74) is 0. The molecule has 0 bridgehead atoms. The molecule has 2 saturated carbocycles. The summed E-state index contributed by atoms with van der Waals surface area (Å²) in [4.78, 5) is 0. The van der Waals surface area contributed by atoms with Crippen LogP contribution in [0.4, 0.5) is 0 Å². The summed E-state index contributed by atoms with van der Waals surface area (Å²) < 4.78 is 0. The highest BCUT2D eigenvalue weighted by atomic mass is 32.2. The molecule has 0 aromatic rings. The number of hydrogen-bond donors (Lipinski definition) is 2. The fourth-order valence-electron chi connectivity index (χ4n) is 2.10. The van der Waals surface area contributed by atoms with Gasteiger partial charge in [-0.15, -0.1) is 0 Å². The molecule has 0 radical (unpaired) electrons. The van der Waals surface area contributed by atoms with E-state index in [4.69, 9.17) is 12.2 Å². The maximum Gasteiger partial charge on any atom is 0.166 e. The molecule has 2 nitrogen and oxygen atoms in total. The van der Waals surface area contributed by atoms with E-state index in [0.717, 1.165) is 10.4 Å². The van der Waals surface area contributed by atoms with E-state index in [1.54, 1.807) is 0 Å². The number of thiocarbonyl (C=S) groups is 1. The van der Waals surface area contributed by atoms with E-state index in [0.29, 0.717) is 12.1 Å². The molecular formula is C11H20N2S2. The third-order valence-electron chi connectivity index (χ3n) is 3.03. The van der Waals surface area contributed by atoms with Gasteiger partial charge in [0.1, 0.15) is 0 Å². The fraction of sp³-hybridized carbons (Fsp3) is 0.909. The molecule has 2 aliphatic rings. The van der Waals surface area contributed by atoms with E-state index < -0.39 is 0 Å². The summed E-state index contributed by atoms with van der Waals surface area (Å²) in [5, 5.41) is 8.52. The maximum atomic E-state index is 5.28. The highest BCUT2D eigenvalue weighted by molar-refractivity contribution is 7.99. The van der Waals surface area contributed by atoms with Crippen molar-refractivity contribution >= 4 is 29.1 Å². The van der Waals surface area contributed by atoms with Gasteiger partial charge in [0.05, 0.1) is 0 Å². The van der Waals surface area contributed by atoms with Crippen LogP contribution in [-0.4, -0.2) is 28.2 Å². The van der Waals surface area contributed by atoms with Gasteiger partial charge in [0.15, 0.2) is 5.11 Å². The Morgan fingerprint density at radius 3 is 2.53 bits per heavy atom. The predicted octanol–water partition coefficient (Wildman–Crippen LogP) is 2.29. The van der Waals surface area contributed by atoms with Gasteiger partial charge in [0.2, 0.25) is 0 Å². The Hall–Kier alpha value is 0.0400. The number of rotatable bonds is 4. The molecule has 2 atom stereocenters. The van der Waals surface area contributed by atoms with Gasteiger partial charge in [-0.2, -0.15) is 11.8 Å². The van der Waals surface area contributed by atoms with E-state index in [2.05, 4.69) is 29.3 Å². The minimum atomic E-state index is 0.618. The molecule has 0 aromatic heterocycles. The SMILES string of the molecule is CCSC1CCC(NC(=S)NC2CC2)C1. The molecular weight excluding hydrogens is 224 g/mol. The summed E-state index contributed by atoms with van der Waals surface area (Å²) in [7, 11) is 0. The van der Waals surface area contributed by atoms with Crippen LogP contribution in [0.5, 0.6) is 0 Å². The van der Waals surface area contributed by atoms with Gasteiger partial charge in [-0.05, 0) is 50.1 Å². The molecule has 2 rings (SSSR count). The summed E-state index contributed by atoms with van der Waals surface area (Å²) >= 11 is 7.37. The Kier molecular flexibility index (Phi) is 4.14. The Balaban J connectivity index is 1.64. The summed E-state index contributed by atoms with van der Waals surface area (Å²) in [5.74, 6) is 1.24. The van der Waals surface area contributed by atoms with E-state index >= 15 is 0 Å². The zero-order valence-corrected chi connectivity index (χ0v) is 10.9. The van der Waals surface area contributed by atoms with Crippen molar-refractivity contribution in [2.45, 2.75) is 56.4 Å². The second-order valence-corrected chi connectivity index (χ2v) is 6.46. The predicted molar refractivity (Wildman–Crippen MR) is 71.5 cm³/mol. The highest BCUT2D eigenvalue weighted by Gasteiger charge is 2.26. The van der Waals surface area contributed by atoms with Crippen LogP contribution in [0.2, 0.25) is 0 Å². The van der Waals surface area contributed by atoms with Crippen molar-refractivity contribution in [2.75, 3.05) is 5.75 Å². The largest absolute Gasteiger partial charge is 0.360 e. The quantitative estimate of drug-likeness (QED) is 0.741. The van der Waals surface area contributed by atoms with Crippen molar-refractivity contribution < 1.29 is 0 Å². The summed E-state index contributed by atoms with van der Waals surface area (Å²) in [6.45, 7) is 2.24. The average Bonchev–Trinajstić information content (AvgIpc) is 2.88. The zero-order valence-electron chi connectivity index (χ0n) is 9.29. The van der Waals surface area contributed by atoms with Gasteiger partial charge in [0.25, 0.3) is 0 Å². The van der Waals surface area contributed by atoms with Crippen LogP contribution in [0.15, 0.2) is 0 Å². The first-order valence-corrected chi connectivity index (χ1v) is 7.42. The molecule has 2 aliphatic carbocycles. The molecule has 15 heavy (non-hydrogen) atoms. The number of thioether (sulfide) groups is 1. The fourth-order valence-corrected chi connectivity index (χ4v) is 3.57. The zero-order chi connectivity index (χ0) is 10.7. The monoisotopic (exact) mass is 244 g/mol. The Morgan fingerprint density at radius 2 is 1.87 bits per heavy atom. The first-order valence-electron chi connectivity index (χ1n) is 5.96. The van der Waals surface area contributed by atoms with E-state index in [9.17, 15) is 0 Å². The lowest BCUT2D eigenvalue weighted by Gasteiger charge is -2.16. The van der Waals surface area contributed by atoms with Gasteiger partial charge in [-0.3, -0.25) is 0 Å². The topological polar surface area (TPSA) is 24.1 Å². The second-order valence-electron chi connectivity index (χ2n) is 4.48. The Labute approximate surface area is 102 Å². The molecule has 0 aliphatic heterocycles. The van der Waals surface area contributed by atoms with Crippen molar-refractivity contribution in [3.05, 3.63) is 0 Å². The van der Waals surface area contributed by atoms with Crippen LogP contribution in [0.25, 0.3) is 0 Å². The first-order chi connectivity index (χ1) is 7.28. The van der Waals surface area contributed by atoms with E-state index in [1.807, 2.05) is 0 Å². The van der Waals surface area contributed by atoms with Gasteiger partial charge in [0, 0.05) is 17.3 Å². The molecule has 0 amide bonds. The molecule has 0 spiro atoms. The number of nitrogens with one attached hydrogen (secondary N) is 2. The molecule has 2 N–H and O–H groups in total. The third kappa shape index (κ3) is 3.83. The van der Waals surface area contributed by atoms with Crippen molar-refractivity contribution in [3.8, 4) is 0 Å². The lowest BCUT2D eigenvalue weighted by molar-refractivity contribution is 0.622. The first kappa shape index (κ1) is 11.5. The molecule has 0 aromatic carbocycles. The van der Waals surface area contributed by atoms with Crippen LogP contribution in [0.1, 0.15) is 39.0 Å². The van der Waals surface area contributed by atoms with Crippen molar-refractivity contribution in [1.82, 2.24) is 10.6 Å². The highest BCUT2D eigenvalue weighted by Crippen LogP contribution is 2.29. The molecule has 2 fully saturated rings. The number of hydrogen-bond acceptors (Lipinski definition) is 2. The van der Waals surface area contributed by atoms with Crippen LogP contribution >= 0.6 is 24.0 Å². The van der Waals surface area contributed by atoms with Crippen molar-refractivity contribution in [2.24, 2.45) is 0 Å². The lowest BCUT2D eigenvalue weighted by Crippen LogP contribution is -2.41. The Morgan fingerprint density at radius 1 is 1.20 bits per heavy atom. The maximum absolute atomic E-state index is 5.28. The Bertz CT molecular complexity index is 229. The lowest BCUT2D eigenvalue weighted by atomic mass is 10.2. The van der Waals surface area contributed by atoms with Gasteiger partial charge in [-0.25, -0.2) is 0 Å². The average molecular weight is 244 g/mol. The normalized spacial score (nSPS) is 30.2. The van der Waals surface area contributed by atoms with Crippen LogP contribution < -0.4 is 10.6 Å². The van der Waals surface area contributed by atoms with E-state index in [-0.39, 0.29) is 0 Å². The minimum Gasteiger partial charge on any atom is -0.360 e. The van der Waals surface area contributed by atoms with Gasteiger partial charge < -0.3 is 10.6 Å².